The number of aromatic nitrogens is 2. The molecular weight excluding hydrogens is 342 g/mol. The molecule has 0 spiro atoms. The maximum Gasteiger partial charge on any atom is 0.261 e. The lowest BCUT2D eigenvalue weighted by Crippen LogP contribution is -2.27. The van der Waals surface area contributed by atoms with Gasteiger partial charge in [-0.2, -0.15) is 5.10 Å². The summed E-state index contributed by atoms with van der Waals surface area (Å²) in [6.07, 6.45) is 4.22. The van der Waals surface area contributed by atoms with E-state index in [0.717, 1.165) is 17.5 Å². The van der Waals surface area contributed by atoms with E-state index in [9.17, 15) is 4.79 Å². The van der Waals surface area contributed by atoms with E-state index >= 15 is 0 Å². The standard InChI is InChI=1S/C18H18ClN3OS/c1-2-16(14-6-4-3-5-7-14)21-18(23)17-8-13(12-24-17)10-22-11-15(19)9-20-22/h3-9,11-12,16H,2,10H2,1H3,(H,21,23). The summed E-state index contributed by atoms with van der Waals surface area (Å²) in [7, 11) is 0. The number of nitrogens with zero attached hydrogens (tertiary/aromatic N) is 2. The second-order valence-corrected chi connectivity index (χ2v) is 6.87. The highest BCUT2D eigenvalue weighted by molar-refractivity contribution is 7.12. The summed E-state index contributed by atoms with van der Waals surface area (Å²) in [5, 5.41) is 9.85. The van der Waals surface area contributed by atoms with Crippen LogP contribution >= 0.6 is 22.9 Å². The molecule has 0 aliphatic rings. The zero-order chi connectivity index (χ0) is 16.9. The molecule has 0 aliphatic heterocycles. The lowest BCUT2D eigenvalue weighted by atomic mass is 10.0. The summed E-state index contributed by atoms with van der Waals surface area (Å²) in [5.74, 6) is -0.0412. The minimum Gasteiger partial charge on any atom is -0.345 e. The molecule has 2 aromatic heterocycles. The van der Waals surface area contributed by atoms with Crippen molar-refractivity contribution in [3.63, 3.8) is 0 Å². The molecular formula is C18H18ClN3OS. The highest BCUT2D eigenvalue weighted by Crippen LogP contribution is 2.20. The van der Waals surface area contributed by atoms with Crippen molar-refractivity contribution in [3.05, 3.63) is 75.2 Å². The molecule has 1 unspecified atom stereocenters. The lowest BCUT2D eigenvalue weighted by Gasteiger charge is -2.16. The Morgan fingerprint density at radius 1 is 1.38 bits per heavy atom. The molecule has 1 amide bonds. The number of carbonyl (C=O) groups is 1. The molecule has 1 aromatic carbocycles. The summed E-state index contributed by atoms with van der Waals surface area (Å²) < 4.78 is 1.75. The molecule has 1 N–H and O–H groups in total. The number of hydrogen-bond acceptors (Lipinski definition) is 3. The van der Waals surface area contributed by atoms with Crippen molar-refractivity contribution in [1.29, 1.82) is 0 Å². The molecule has 0 fully saturated rings. The molecule has 0 bridgehead atoms. The van der Waals surface area contributed by atoms with Crippen molar-refractivity contribution >= 4 is 28.8 Å². The molecule has 0 radical (unpaired) electrons. The van der Waals surface area contributed by atoms with E-state index in [4.69, 9.17) is 11.6 Å². The normalized spacial score (nSPS) is 12.1. The molecule has 1 atom stereocenters. The minimum atomic E-state index is -0.0412. The quantitative estimate of drug-likeness (QED) is 0.703. The van der Waals surface area contributed by atoms with Crippen LogP contribution in [0.4, 0.5) is 0 Å². The zero-order valence-electron chi connectivity index (χ0n) is 13.3. The summed E-state index contributed by atoms with van der Waals surface area (Å²) in [5.41, 5.74) is 2.16. The second kappa shape index (κ2) is 7.64. The maximum atomic E-state index is 12.5. The van der Waals surface area contributed by atoms with Crippen LogP contribution in [0.25, 0.3) is 0 Å². The van der Waals surface area contributed by atoms with Crippen LogP contribution in [-0.2, 0) is 6.54 Å². The third-order valence-corrected chi connectivity index (χ3v) is 4.91. The van der Waals surface area contributed by atoms with Gasteiger partial charge in [-0.3, -0.25) is 9.48 Å². The molecule has 0 saturated heterocycles. The number of carbonyl (C=O) groups excluding carboxylic acids is 1. The Labute approximate surface area is 150 Å². The Bertz CT molecular complexity index is 813. The average Bonchev–Trinajstić information content (AvgIpc) is 3.23. The fourth-order valence-corrected chi connectivity index (χ4v) is 3.49. The third kappa shape index (κ3) is 4.04. The molecule has 2 heterocycles. The fourth-order valence-electron chi connectivity index (χ4n) is 2.53. The second-order valence-electron chi connectivity index (χ2n) is 5.52. The van der Waals surface area contributed by atoms with Crippen LogP contribution in [0.1, 0.15) is 40.2 Å². The van der Waals surface area contributed by atoms with E-state index in [0.29, 0.717) is 16.4 Å². The number of halogens is 1. The molecule has 0 aliphatic carbocycles. The van der Waals surface area contributed by atoms with Crippen LogP contribution in [0.5, 0.6) is 0 Å². The van der Waals surface area contributed by atoms with Crippen LogP contribution in [0.2, 0.25) is 5.02 Å². The van der Waals surface area contributed by atoms with E-state index in [-0.39, 0.29) is 11.9 Å². The van der Waals surface area contributed by atoms with Crippen molar-refractivity contribution < 1.29 is 4.79 Å². The first kappa shape index (κ1) is 16.7. The molecule has 3 aromatic rings. The zero-order valence-corrected chi connectivity index (χ0v) is 14.8. The van der Waals surface area contributed by atoms with Crippen molar-refractivity contribution in [2.75, 3.05) is 0 Å². The largest absolute Gasteiger partial charge is 0.345 e. The van der Waals surface area contributed by atoms with Gasteiger partial charge in [0.2, 0.25) is 0 Å². The number of thiophene rings is 1. The van der Waals surface area contributed by atoms with E-state index in [1.54, 1.807) is 17.1 Å². The van der Waals surface area contributed by atoms with Crippen LogP contribution in [0.15, 0.2) is 54.2 Å². The first-order valence-corrected chi connectivity index (χ1v) is 9.02. The highest BCUT2D eigenvalue weighted by Gasteiger charge is 2.15. The van der Waals surface area contributed by atoms with Gasteiger partial charge in [0, 0.05) is 6.20 Å². The summed E-state index contributed by atoms with van der Waals surface area (Å²) in [6, 6.07) is 12.0. The Kier molecular flexibility index (Phi) is 5.33. The van der Waals surface area contributed by atoms with Gasteiger partial charge >= 0.3 is 0 Å². The van der Waals surface area contributed by atoms with Gasteiger partial charge in [0.1, 0.15) is 0 Å². The molecule has 6 heteroatoms. The molecule has 124 valence electrons. The predicted molar refractivity (Wildman–Crippen MR) is 97.6 cm³/mol. The van der Waals surface area contributed by atoms with Crippen LogP contribution in [-0.4, -0.2) is 15.7 Å². The number of hydrogen-bond donors (Lipinski definition) is 1. The van der Waals surface area contributed by atoms with E-state index in [1.165, 1.54) is 11.3 Å². The van der Waals surface area contributed by atoms with Gasteiger partial charge in [-0.05, 0) is 29.0 Å². The number of amides is 1. The first-order valence-electron chi connectivity index (χ1n) is 7.77. The van der Waals surface area contributed by atoms with Crippen LogP contribution in [0.3, 0.4) is 0 Å². The molecule has 3 rings (SSSR count). The van der Waals surface area contributed by atoms with E-state index in [1.807, 2.05) is 41.8 Å². The Morgan fingerprint density at radius 2 is 2.17 bits per heavy atom. The highest BCUT2D eigenvalue weighted by atomic mass is 35.5. The lowest BCUT2D eigenvalue weighted by molar-refractivity contribution is 0.0939. The Balaban J connectivity index is 1.67. The van der Waals surface area contributed by atoms with Gasteiger partial charge in [-0.25, -0.2) is 0 Å². The third-order valence-electron chi connectivity index (χ3n) is 3.74. The Morgan fingerprint density at radius 3 is 2.83 bits per heavy atom. The topological polar surface area (TPSA) is 46.9 Å². The van der Waals surface area contributed by atoms with Gasteiger partial charge in [-0.15, -0.1) is 11.3 Å². The van der Waals surface area contributed by atoms with Crippen molar-refractivity contribution in [2.24, 2.45) is 0 Å². The fraction of sp³-hybridized carbons (Fsp3) is 0.222. The van der Waals surface area contributed by atoms with Gasteiger partial charge in [0.05, 0.1) is 28.7 Å². The first-order chi connectivity index (χ1) is 11.7. The SMILES string of the molecule is CCC(NC(=O)c1cc(Cn2cc(Cl)cn2)cs1)c1ccccc1. The van der Waals surface area contributed by atoms with Crippen LogP contribution < -0.4 is 5.32 Å². The molecule has 24 heavy (non-hydrogen) atoms. The average molecular weight is 360 g/mol. The van der Waals surface area contributed by atoms with Crippen molar-refractivity contribution in [2.45, 2.75) is 25.9 Å². The number of rotatable bonds is 6. The van der Waals surface area contributed by atoms with Gasteiger partial charge < -0.3 is 5.32 Å². The molecule has 4 nitrogen and oxygen atoms in total. The summed E-state index contributed by atoms with van der Waals surface area (Å²) in [4.78, 5) is 13.2. The monoisotopic (exact) mass is 359 g/mol. The van der Waals surface area contributed by atoms with Gasteiger partial charge in [0.25, 0.3) is 5.91 Å². The van der Waals surface area contributed by atoms with E-state index in [2.05, 4.69) is 17.3 Å². The Hall–Kier alpha value is -2.11. The number of nitrogens with one attached hydrogen (secondary N) is 1. The van der Waals surface area contributed by atoms with Gasteiger partial charge in [-0.1, -0.05) is 48.9 Å². The summed E-state index contributed by atoms with van der Waals surface area (Å²) in [6.45, 7) is 2.67. The van der Waals surface area contributed by atoms with Crippen LogP contribution in [0, 0.1) is 0 Å². The smallest absolute Gasteiger partial charge is 0.261 e. The summed E-state index contributed by atoms with van der Waals surface area (Å²) >= 11 is 7.31. The predicted octanol–water partition coefficient (Wildman–Crippen LogP) is 4.53. The van der Waals surface area contributed by atoms with Crippen molar-refractivity contribution in [1.82, 2.24) is 15.1 Å². The minimum absolute atomic E-state index is 0.0224. The maximum absolute atomic E-state index is 12.5. The van der Waals surface area contributed by atoms with E-state index < -0.39 is 0 Å². The number of benzene rings is 1. The van der Waals surface area contributed by atoms with Gasteiger partial charge in [0.15, 0.2) is 0 Å². The molecule has 0 saturated carbocycles. The van der Waals surface area contributed by atoms with Crippen molar-refractivity contribution in [3.8, 4) is 0 Å².